The van der Waals surface area contributed by atoms with Crippen LogP contribution in [0.2, 0.25) is 0 Å². The van der Waals surface area contributed by atoms with Gasteiger partial charge in [-0.1, -0.05) is 24.3 Å². The second-order valence-corrected chi connectivity index (χ2v) is 4.34. The van der Waals surface area contributed by atoms with E-state index in [4.69, 9.17) is 5.73 Å². The number of halogens is 6. The number of hydrogen-bond donors (Lipinski definition) is 1. The van der Waals surface area contributed by atoms with Gasteiger partial charge in [0.2, 0.25) is 0 Å². The molecular formula is C14H9F6N. The Kier molecular flexibility index (Phi) is 3.61. The van der Waals surface area contributed by atoms with Crippen LogP contribution in [0.4, 0.5) is 32.0 Å². The van der Waals surface area contributed by atoms with Crippen molar-refractivity contribution >= 4 is 5.69 Å². The van der Waals surface area contributed by atoms with E-state index in [-0.39, 0.29) is 16.8 Å². The van der Waals surface area contributed by atoms with Crippen LogP contribution in [0.5, 0.6) is 0 Å². The van der Waals surface area contributed by atoms with Crippen molar-refractivity contribution in [1.82, 2.24) is 0 Å². The molecule has 0 aliphatic rings. The maximum absolute atomic E-state index is 12.8. The predicted octanol–water partition coefficient (Wildman–Crippen LogP) is 4.97. The third-order valence-electron chi connectivity index (χ3n) is 2.90. The first-order valence-electron chi connectivity index (χ1n) is 5.74. The SMILES string of the molecule is Nc1ccccc1-c1ccc(C(F)(F)F)c(C(F)(F)F)c1. The Hall–Kier alpha value is -2.18. The fraction of sp³-hybridized carbons (Fsp3) is 0.143. The molecule has 0 spiro atoms. The van der Waals surface area contributed by atoms with Crippen molar-refractivity contribution in [2.24, 2.45) is 0 Å². The van der Waals surface area contributed by atoms with Gasteiger partial charge in [-0.05, 0) is 23.8 Å². The van der Waals surface area contributed by atoms with Crippen LogP contribution in [0.3, 0.4) is 0 Å². The van der Waals surface area contributed by atoms with Crippen LogP contribution < -0.4 is 5.73 Å². The van der Waals surface area contributed by atoms with Crippen LogP contribution >= 0.6 is 0 Å². The molecule has 0 aliphatic carbocycles. The zero-order chi connectivity index (χ0) is 15.8. The molecule has 0 heterocycles. The summed E-state index contributed by atoms with van der Waals surface area (Å²) < 4.78 is 76.5. The minimum atomic E-state index is -5.11. The van der Waals surface area contributed by atoms with Crippen molar-refractivity contribution in [2.75, 3.05) is 5.73 Å². The first-order valence-corrected chi connectivity index (χ1v) is 5.74. The summed E-state index contributed by atoms with van der Waals surface area (Å²) in [6, 6.07) is 7.88. The van der Waals surface area contributed by atoms with E-state index in [9.17, 15) is 26.3 Å². The summed E-state index contributed by atoms with van der Waals surface area (Å²) in [5.41, 5.74) is 2.60. The molecule has 21 heavy (non-hydrogen) atoms. The van der Waals surface area contributed by atoms with Gasteiger partial charge in [-0.2, -0.15) is 26.3 Å². The molecule has 0 saturated heterocycles. The quantitative estimate of drug-likeness (QED) is 0.584. The fourth-order valence-electron chi connectivity index (χ4n) is 1.95. The molecule has 0 atom stereocenters. The summed E-state index contributed by atoms with van der Waals surface area (Å²) in [4.78, 5) is 0. The molecule has 0 aliphatic heterocycles. The highest BCUT2D eigenvalue weighted by Crippen LogP contribution is 2.42. The van der Waals surface area contributed by atoms with E-state index in [0.717, 1.165) is 6.07 Å². The number of hydrogen-bond acceptors (Lipinski definition) is 1. The standard InChI is InChI=1S/C14H9F6N/c15-13(16,17)10-6-5-8(7-11(10)14(18,19)20)9-3-1-2-4-12(9)21/h1-7H,21H2. The Morgan fingerprint density at radius 3 is 1.81 bits per heavy atom. The van der Waals surface area contributed by atoms with Gasteiger partial charge in [0.05, 0.1) is 11.1 Å². The summed E-state index contributed by atoms with van der Waals surface area (Å²) in [5.74, 6) is 0. The Balaban J connectivity index is 2.66. The van der Waals surface area contributed by atoms with Gasteiger partial charge >= 0.3 is 12.4 Å². The lowest BCUT2D eigenvalue weighted by Gasteiger charge is -2.17. The van der Waals surface area contributed by atoms with Crippen LogP contribution in [0.15, 0.2) is 42.5 Å². The summed E-state index contributed by atoms with van der Waals surface area (Å²) >= 11 is 0. The van der Waals surface area contributed by atoms with E-state index in [0.29, 0.717) is 12.1 Å². The molecule has 2 aromatic carbocycles. The minimum absolute atomic E-state index is 0.0200. The average molecular weight is 305 g/mol. The number of nitrogens with two attached hydrogens (primary N) is 1. The molecule has 0 saturated carbocycles. The third-order valence-corrected chi connectivity index (χ3v) is 2.90. The van der Waals surface area contributed by atoms with Crippen molar-refractivity contribution < 1.29 is 26.3 Å². The molecule has 2 N–H and O–H groups in total. The molecule has 2 aromatic rings. The molecule has 0 fully saturated rings. The Morgan fingerprint density at radius 2 is 1.29 bits per heavy atom. The van der Waals surface area contributed by atoms with Crippen LogP contribution in [-0.4, -0.2) is 0 Å². The van der Waals surface area contributed by atoms with E-state index in [1.54, 1.807) is 6.07 Å². The lowest BCUT2D eigenvalue weighted by atomic mass is 9.97. The van der Waals surface area contributed by atoms with Gasteiger partial charge in [-0.15, -0.1) is 0 Å². The normalized spacial score (nSPS) is 12.5. The molecular weight excluding hydrogens is 296 g/mol. The highest BCUT2D eigenvalue weighted by molar-refractivity contribution is 5.76. The van der Waals surface area contributed by atoms with Gasteiger partial charge in [-0.25, -0.2) is 0 Å². The number of para-hydroxylation sites is 1. The number of anilines is 1. The smallest absolute Gasteiger partial charge is 0.398 e. The second-order valence-electron chi connectivity index (χ2n) is 4.34. The summed E-state index contributed by atoms with van der Waals surface area (Å²) in [7, 11) is 0. The van der Waals surface area contributed by atoms with Gasteiger partial charge < -0.3 is 5.73 Å². The maximum atomic E-state index is 12.8. The minimum Gasteiger partial charge on any atom is -0.398 e. The summed E-state index contributed by atoms with van der Waals surface area (Å²) in [6.45, 7) is 0. The second kappa shape index (κ2) is 4.98. The van der Waals surface area contributed by atoms with Gasteiger partial charge in [0.25, 0.3) is 0 Å². The Morgan fingerprint density at radius 1 is 0.714 bits per heavy atom. The zero-order valence-corrected chi connectivity index (χ0v) is 10.4. The molecule has 2 rings (SSSR count). The lowest BCUT2D eigenvalue weighted by Crippen LogP contribution is -2.16. The van der Waals surface area contributed by atoms with E-state index in [1.807, 2.05) is 0 Å². The lowest BCUT2D eigenvalue weighted by molar-refractivity contribution is -0.162. The van der Waals surface area contributed by atoms with Crippen LogP contribution in [0, 0.1) is 0 Å². The molecule has 0 amide bonds. The molecule has 0 aromatic heterocycles. The van der Waals surface area contributed by atoms with E-state index in [1.165, 1.54) is 18.2 Å². The molecule has 0 unspecified atom stereocenters. The van der Waals surface area contributed by atoms with Crippen LogP contribution in [-0.2, 0) is 12.4 Å². The Labute approximate surface area is 116 Å². The predicted molar refractivity (Wildman–Crippen MR) is 66.3 cm³/mol. The fourth-order valence-corrected chi connectivity index (χ4v) is 1.95. The van der Waals surface area contributed by atoms with E-state index < -0.39 is 23.5 Å². The number of rotatable bonds is 1. The molecule has 0 radical (unpaired) electrons. The first-order chi connectivity index (χ1) is 9.60. The summed E-state index contributed by atoms with van der Waals surface area (Å²) in [6.07, 6.45) is -10.2. The molecule has 7 heteroatoms. The third kappa shape index (κ3) is 3.12. The molecule has 1 nitrogen and oxygen atoms in total. The number of nitrogen functional groups attached to an aromatic ring is 1. The van der Waals surface area contributed by atoms with Gasteiger partial charge in [0, 0.05) is 11.3 Å². The van der Waals surface area contributed by atoms with Crippen LogP contribution in [0.25, 0.3) is 11.1 Å². The van der Waals surface area contributed by atoms with Crippen LogP contribution in [0.1, 0.15) is 11.1 Å². The van der Waals surface area contributed by atoms with Gasteiger partial charge in [0.15, 0.2) is 0 Å². The van der Waals surface area contributed by atoms with E-state index >= 15 is 0 Å². The van der Waals surface area contributed by atoms with Crippen molar-refractivity contribution in [3.63, 3.8) is 0 Å². The topological polar surface area (TPSA) is 26.0 Å². The first kappa shape index (κ1) is 15.2. The highest BCUT2D eigenvalue weighted by atomic mass is 19.4. The maximum Gasteiger partial charge on any atom is 0.417 e. The van der Waals surface area contributed by atoms with E-state index in [2.05, 4.69) is 0 Å². The van der Waals surface area contributed by atoms with Crippen molar-refractivity contribution in [3.05, 3.63) is 53.6 Å². The molecule has 112 valence electrons. The van der Waals surface area contributed by atoms with Crippen molar-refractivity contribution in [2.45, 2.75) is 12.4 Å². The Bertz CT molecular complexity index is 657. The monoisotopic (exact) mass is 305 g/mol. The highest BCUT2D eigenvalue weighted by Gasteiger charge is 2.43. The largest absolute Gasteiger partial charge is 0.417 e. The van der Waals surface area contributed by atoms with Crippen molar-refractivity contribution in [1.29, 1.82) is 0 Å². The van der Waals surface area contributed by atoms with Crippen molar-refractivity contribution in [3.8, 4) is 11.1 Å². The van der Waals surface area contributed by atoms with Gasteiger partial charge in [0.1, 0.15) is 0 Å². The zero-order valence-electron chi connectivity index (χ0n) is 10.4. The summed E-state index contributed by atoms with van der Waals surface area (Å²) in [5, 5.41) is 0. The average Bonchev–Trinajstić information content (AvgIpc) is 2.36. The van der Waals surface area contributed by atoms with Gasteiger partial charge in [-0.3, -0.25) is 0 Å². The molecule has 0 bridgehead atoms. The number of benzene rings is 2. The number of alkyl halides is 6.